The number of aryl methyl sites for hydroxylation is 3. The number of rotatable bonds is 2. The Balaban J connectivity index is 2.42. The lowest BCUT2D eigenvalue weighted by Crippen LogP contribution is -1.86. The zero-order valence-electron chi connectivity index (χ0n) is 9.50. The highest BCUT2D eigenvalue weighted by molar-refractivity contribution is 7.13. The van der Waals surface area contributed by atoms with Gasteiger partial charge in [0.2, 0.25) is 0 Å². The van der Waals surface area contributed by atoms with Gasteiger partial charge in [-0.25, -0.2) is 0 Å². The van der Waals surface area contributed by atoms with E-state index in [0.29, 0.717) is 0 Å². The molecule has 1 heterocycles. The molecule has 1 aromatic carbocycles. The molecule has 0 aliphatic carbocycles. The van der Waals surface area contributed by atoms with E-state index < -0.39 is 0 Å². The third kappa shape index (κ3) is 2.13. The van der Waals surface area contributed by atoms with Crippen LogP contribution in [0.2, 0.25) is 0 Å². The highest BCUT2D eigenvalue weighted by Gasteiger charge is 2.02. The van der Waals surface area contributed by atoms with Crippen LogP contribution in [0.1, 0.15) is 23.6 Å². The maximum atomic E-state index is 2.30. The van der Waals surface area contributed by atoms with Crippen LogP contribution in [0.25, 0.3) is 10.4 Å². The maximum absolute atomic E-state index is 2.30. The molecule has 0 N–H and O–H groups in total. The minimum Gasteiger partial charge on any atom is -0.144 e. The van der Waals surface area contributed by atoms with Gasteiger partial charge in [-0.1, -0.05) is 25.1 Å². The van der Waals surface area contributed by atoms with Crippen LogP contribution in [0.3, 0.4) is 0 Å². The van der Waals surface area contributed by atoms with Gasteiger partial charge >= 0.3 is 0 Å². The van der Waals surface area contributed by atoms with E-state index in [-0.39, 0.29) is 0 Å². The molecule has 0 bridgehead atoms. The summed E-state index contributed by atoms with van der Waals surface area (Å²) in [6.07, 6.45) is 1.12. The second-order valence-electron chi connectivity index (χ2n) is 3.98. The van der Waals surface area contributed by atoms with Gasteiger partial charge in [-0.15, -0.1) is 11.3 Å². The van der Waals surface area contributed by atoms with Crippen LogP contribution < -0.4 is 0 Å². The van der Waals surface area contributed by atoms with Crippen molar-refractivity contribution in [2.45, 2.75) is 27.2 Å². The molecular formula is C14H16S. The molecule has 2 rings (SSSR count). The number of thiophene rings is 1. The molecule has 0 radical (unpaired) electrons. The molecule has 1 heteroatoms. The normalized spacial score (nSPS) is 10.6. The predicted molar refractivity (Wildman–Crippen MR) is 68.6 cm³/mol. The van der Waals surface area contributed by atoms with Crippen molar-refractivity contribution in [3.8, 4) is 10.4 Å². The van der Waals surface area contributed by atoms with Crippen LogP contribution in [-0.4, -0.2) is 0 Å². The molecule has 1 aromatic heterocycles. The Labute approximate surface area is 95.6 Å². The van der Waals surface area contributed by atoms with Crippen molar-refractivity contribution in [1.29, 1.82) is 0 Å². The van der Waals surface area contributed by atoms with Crippen molar-refractivity contribution in [3.05, 3.63) is 46.3 Å². The fourth-order valence-corrected chi connectivity index (χ4v) is 2.73. The highest BCUT2D eigenvalue weighted by Crippen LogP contribution is 2.28. The van der Waals surface area contributed by atoms with E-state index in [1.54, 1.807) is 0 Å². The minimum absolute atomic E-state index is 1.12. The summed E-state index contributed by atoms with van der Waals surface area (Å²) in [7, 11) is 0. The molecule has 78 valence electrons. The minimum atomic E-state index is 1.12. The van der Waals surface area contributed by atoms with Crippen LogP contribution in [0.5, 0.6) is 0 Å². The standard InChI is InChI=1S/C14H16S/c1-4-12-5-6-13(8-11(12)3)14-7-10(2)9-15-14/h5-9H,4H2,1-3H3. The summed E-state index contributed by atoms with van der Waals surface area (Å²) in [5.74, 6) is 0. The lowest BCUT2D eigenvalue weighted by molar-refractivity contribution is 1.11. The molecule has 0 fully saturated rings. The Bertz CT molecular complexity index is 466. The monoisotopic (exact) mass is 216 g/mol. The Hall–Kier alpha value is -1.08. The van der Waals surface area contributed by atoms with E-state index in [1.165, 1.54) is 27.1 Å². The smallest absolute Gasteiger partial charge is 0.0345 e. The van der Waals surface area contributed by atoms with Gasteiger partial charge in [0.1, 0.15) is 0 Å². The fourth-order valence-electron chi connectivity index (χ4n) is 1.83. The van der Waals surface area contributed by atoms with Crippen LogP contribution >= 0.6 is 11.3 Å². The molecule has 0 saturated heterocycles. The van der Waals surface area contributed by atoms with Crippen molar-refractivity contribution < 1.29 is 0 Å². The SMILES string of the molecule is CCc1ccc(-c2cc(C)cs2)cc1C. The van der Waals surface area contributed by atoms with Gasteiger partial charge in [0, 0.05) is 4.88 Å². The van der Waals surface area contributed by atoms with Gasteiger partial charge in [0.25, 0.3) is 0 Å². The van der Waals surface area contributed by atoms with E-state index in [0.717, 1.165) is 6.42 Å². The van der Waals surface area contributed by atoms with Crippen molar-refractivity contribution >= 4 is 11.3 Å². The zero-order valence-corrected chi connectivity index (χ0v) is 10.3. The number of benzene rings is 1. The van der Waals surface area contributed by atoms with Gasteiger partial charge in [0.05, 0.1) is 0 Å². The quantitative estimate of drug-likeness (QED) is 0.688. The molecule has 0 amide bonds. The highest BCUT2D eigenvalue weighted by atomic mass is 32.1. The molecule has 2 aromatic rings. The largest absolute Gasteiger partial charge is 0.144 e. The first-order chi connectivity index (χ1) is 7.20. The summed E-state index contributed by atoms with van der Waals surface area (Å²) in [4.78, 5) is 1.37. The molecule has 0 spiro atoms. The summed E-state index contributed by atoms with van der Waals surface area (Å²) < 4.78 is 0. The average molecular weight is 216 g/mol. The Kier molecular flexibility index (Phi) is 2.92. The van der Waals surface area contributed by atoms with Crippen LogP contribution in [0.15, 0.2) is 29.6 Å². The Morgan fingerprint density at radius 3 is 2.47 bits per heavy atom. The van der Waals surface area contributed by atoms with Crippen molar-refractivity contribution in [2.24, 2.45) is 0 Å². The van der Waals surface area contributed by atoms with Crippen LogP contribution in [-0.2, 0) is 6.42 Å². The van der Waals surface area contributed by atoms with E-state index >= 15 is 0 Å². The van der Waals surface area contributed by atoms with E-state index in [1.807, 2.05) is 11.3 Å². The van der Waals surface area contributed by atoms with E-state index in [2.05, 4.69) is 50.4 Å². The fraction of sp³-hybridized carbons (Fsp3) is 0.286. The third-order valence-corrected chi connectivity index (χ3v) is 3.84. The first kappa shape index (κ1) is 10.4. The van der Waals surface area contributed by atoms with Gasteiger partial charge in [-0.05, 0) is 54.0 Å². The molecule has 0 aliphatic heterocycles. The first-order valence-corrected chi connectivity index (χ1v) is 6.23. The van der Waals surface area contributed by atoms with E-state index in [9.17, 15) is 0 Å². The van der Waals surface area contributed by atoms with Crippen molar-refractivity contribution in [1.82, 2.24) is 0 Å². The van der Waals surface area contributed by atoms with Crippen LogP contribution in [0, 0.1) is 13.8 Å². The van der Waals surface area contributed by atoms with Crippen molar-refractivity contribution in [3.63, 3.8) is 0 Å². The molecule has 0 saturated carbocycles. The number of hydrogen-bond acceptors (Lipinski definition) is 1. The predicted octanol–water partition coefficient (Wildman–Crippen LogP) is 4.59. The lowest BCUT2D eigenvalue weighted by atomic mass is 10.0. The average Bonchev–Trinajstić information content (AvgIpc) is 2.65. The second kappa shape index (κ2) is 4.19. The molecule has 0 unspecified atom stereocenters. The summed E-state index contributed by atoms with van der Waals surface area (Å²) in [6, 6.07) is 9.03. The van der Waals surface area contributed by atoms with Gasteiger partial charge in [0.15, 0.2) is 0 Å². The zero-order chi connectivity index (χ0) is 10.8. The molecule has 0 aliphatic rings. The van der Waals surface area contributed by atoms with Crippen molar-refractivity contribution in [2.75, 3.05) is 0 Å². The van der Waals surface area contributed by atoms with Gasteiger partial charge in [-0.3, -0.25) is 0 Å². The Morgan fingerprint density at radius 1 is 1.13 bits per heavy atom. The van der Waals surface area contributed by atoms with Gasteiger partial charge in [-0.2, -0.15) is 0 Å². The summed E-state index contributed by atoms with van der Waals surface area (Å²) >= 11 is 1.82. The lowest BCUT2D eigenvalue weighted by Gasteiger charge is -2.05. The van der Waals surface area contributed by atoms with E-state index in [4.69, 9.17) is 0 Å². The maximum Gasteiger partial charge on any atom is 0.0345 e. The first-order valence-electron chi connectivity index (χ1n) is 5.35. The van der Waals surface area contributed by atoms with Crippen LogP contribution in [0.4, 0.5) is 0 Å². The molecule has 15 heavy (non-hydrogen) atoms. The third-order valence-electron chi connectivity index (χ3n) is 2.74. The molecular weight excluding hydrogens is 200 g/mol. The second-order valence-corrected chi connectivity index (χ2v) is 4.89. The summed E-state index contributed by atoms with van der Waals surface area (Å²) in [5, 5.41) is 2.21. The topological polar surface area (TPSA) is 0 Å². The van der Waals surface area contributed by atoms with Gasteiger partial charge < -0.3 is 0 Å². The Morgan fingerprint density at radius 2 is 1.93 bits per heavy atom. The summed E-state index contributed by atoms with van der Waals surface area (Å²) in [5.41, 5.74) is 5.56. The molecule has 0 nitrogen and oxygen atoms in total. The summed E-state index contributed by atoms with van der Waals surface area (Å²) in [6.45, 7) is 6.55. The number of hydrogen-bond donors (Lipinski definition) is 0. The molecule has 0 atom stereocenters.